The monoisotopic (exact) mass is 435 g/mol. The van der Waals surface area contributed by atoms with E-state index in [1.165, 1.54) is 5.56 Å². The van der Waals surface area contributed by atoms with Gasteiger partial charge in [0.05, 0.1) is 30.0 Å². The number of fused-ring (bicyclic) bond motifs is 1. The summed E-state index contributed by atoms with van der Waals surface area (Å²) in [5, 5.41) is 30.4. The third-order valence-corrected chi connectivity index (χ3v) is 6.54. The van der Waals surface area contributed by atoms with E-state index in [9.17, 15) is 15.8 Å². The molecular weight excluding hydrogens is 410 g/mol. The van der Waals surface area contributed by atoms with Crippen molar-refractivity contribution in [3.63, 3.8) is 0 Å². The highest BCUT2D eigenvalue weighted by molar-refractivity contribution is 5.59. The quantitative estimate of drug-likeness (QED) is 0.760. The van der Waals surface area contributed by atoms with Crippen LogP contribution in [0.3, 0.4) is 0 Å². The molecule has 2 aromatic rings. The molecule has 2 atom stereocenters. The zero-order valence-corrected chi connectivity index (χ0v) is 18.5. The maximum atomic E-state index is 10.2. The van der Waals surface area contributed by atoms with Gasteiger partial charge < -0.3 is 10.5 Å². The van der Waals surface area contributed by atoms with Crippen molar-refractivity contribution in [2.24, 2.45) is 17.1 Å². The number of ether oxygens (including phenoxy) is 1. The average Bonchev–Trinajstić information content (AvgIpc) is 2.85. The van der Waals surface area contributed by atoms with Gasteiger partial charge in [-0.25, -0.2) is 0 Å². The number of rotatable bonds is 5. The normalized spacial score (nSPS) is 21.7. The van der Waals surface area contributed by atoms with Crippen LogP contribution >= 0.6 is 0 Å². The molecule has 6 nitrogen and oxygen atoms in total. The molecule has 0 fully saturated rings. The highest BCUT2D eigenvalue weighted by Crippen LogP contribution is 2.54. The third kappa shape index (κ3) is 3.85. The Balaban J connectivity index is 1.81. The van der Waals surface area contributed by atoms with Crippen LogP contribution < -0.4 is 10.5 Å². The van der Waals surface area contributed by atoms with Crippen LogP contribution in [0.15, 0.2) is 77.5 Å². The van der Waals surface area contributed by atoms with Crippen molar-refractivity contribution in [1.29, 1.82) is 15.8 Å². The van der Waals surface area contributed by atoms with Gasteiger partial charge in [0, 0.05) is 31.5 Å². The van der Waals surface area contributed by atoms with E-state index < -0.39 is 11.3 Å². The van der Waals surface area contributed by atoms with E-state index in [2.05, 4.69) is 35.2 Å². The van der Waals surface area contributed by atoms with Gasteiger partial charge in [-0.15, -0.1) is 0 Å². The van der Waals surface area contributed by atoms with Crippen LogP contribution in [-0.2, 0) is 6.54 Å². The summed E-state index contributed by atoms with van der Waals surface area (Å²) in [6, 6.07) is 24.3. The minimum Gasteiger partial charge on any atom is -0.494 e. The summed E-state index contributed by atoms with van der Waals surface area (Å²) in [5.41, 5.74) is 7.93. The molecule has 33 heavy (non-hydrogen) atoms. The van der Waals surface area contributed by atoms with Gasteiger partial charge in [-0.05, 0) is 35.8 Å². The number of nitriles is 3. The second-order valence-electron chi connectivity index (χ2n) is 8.36. The van der Waals surface area contributed by atoms with Crippen LogP contribution in [0.1, 0.15) is 24.0 Å². The zero-order valence-electron chi connectivity index (χ0n) is 18.5. The molecule has 2 aliphatic rings. The lowest BCUT2D eigenvalue weighted by Crippen LogP contribution is -2.47. The largest absolute Gasteiger partial charge is 0.494 e. The van der Waals surface area contributed by atoms with E-state index in [4.69, 9.17) is 10.5 Å². The van der Waals surface area contributed by atoms with Gasteiger partial charge in [-0.3, -0.25) is 4.90 Å². The lowest BCUT2D eigenvalue weighted by Gasteiger charge is -2.45. The van der Waals surface area contributed by atoms with Crippen molar-refractivity contribution in [2.75, 3.05) is 19.7 Å². The van der Waals surface area contributed by atoms with Crippen molar-refractivity contribution in [1.82, 2.24) is 4.90 Å². The smallest absolute Gasteiger partial charge is 0.191 e. The molecule has 0 saturated carbocycles. The Bertz CT molecular complexity index is 1190. The van der Waals surface area contributed by atoms with Gasteiger partial charge in [0.25, 0.3) is 0 Å². The molecule has 2 aromatic carbocycles. The Morgan fingerprint density at radius 3 is 2.36 bits per heavy atom. The molecule has 1 aliphatic carbocycles. The molecule has 4 rings (SSSR count). The van der Waals surface area contributed by atoms with Crippen LogP contribution in [0, 0.1) is 45.3 Å². The molecule has 2 N–H and O–H groups in total. The van der Waals surface area contributed by atoms with Gasteiger partial charge in [0.15, 0.2) is 5.41 Å². The lowest BCUT2D eigenvalue weighted by molar-refractivity contribution is 0.201. The van der Waals surface area contributed by atoms with Crippen LogP contribution in [0.4, 0.5) is 0 Å². The highest BCUT2D eigenvalue weighted by atomic mass is 16.5. The van der Waals surface area contributed by atoms with Crippen LogP contribution in [0.5, 0.6) is 5.75 Å². The molecule has 0 bridgehead atoms. The first kappa shape index (κ1) is 22.2. The predicted molar refractivity (Wildman–Crippen MR) is 124 cm³/mol. The van der Waals surface area contributed by atoms with Gasteiger partial charge in [0.1, 0.15) is 11.8 Å². The molecule has 0 spiro atoms. The Hall–Kier alpha value is -4.05. The number of nitrogens with zero attached hydrogens (tertiary/aromatic N) is 4. The molecule has 1 aliphatic heterocycles. The van der Waals surface area contributed by atoms with Crippen molar-refractivity contribution in [3.05, 3.63) is 88.6 Å². The van der Waals surface area contributed by atoms with Crippen molar-refractivity contribution in [2.45, 2.75) is 19.4 Å². The molecule has 0 aromatic heterocycles. The van der Waals surface area contributed by atoms with Crippen molar-refractivity contribution in [3.8, 4) is 24.0 Å². The topological polar surface area (TPSA) is 110 Å². The highest BCUT2D eigenvalue weighted by Gasteiger charge is 2.54. The first-order chi connectivity index (χ1) is 16.1. The number of benzene rings is 2. The third-order valence-electron chi connectivity index (χ3n) is 6.54. The van der Waals surface area contributed by atoms with E-state index in [0.29, 0.717) is 19.7 Å². The maximum Gasteiger partial charge on any atom is 0.191 e. The van der Waals surface area contributed by atoms with Crippen molar-refractivity contribution >= 4 is 0 Å². The van der Waals surface area contributed by atoms with Crippen LogP contribution in [0.25, 0.3) is 0 Å². The zero-order chi connectivity index (χ0) is 23.4. The van der Waals surface area contributed by atoms with Crippen LogP contribution in [-0.4, -0.2) is 24.6 Å². The van der Waals surface area contributed by atoms with E-state index in [-0.39, 0.29) is 17.2 Å². The average molecular weight is 436 g/mol. The fraction of sp³-hybridized carbons (Fsp3) is 0.296. The SMILES string of the molecule is CCOc1ccc([C@H]2[C@@H]3CN(Cc4ccccc4)CC=C3C(C#N)=C(N)C2(C#N)C#N)cc1. The number of hydrogen-bond acceptors (Lipinski definition) is 6. The molecule has 0 saturated heterocycles. The minimum absolute atomic E-state index is 0.0490. The summed E-state index contributed by atoms with van der Waals surface area (Å²) < 4.78 is 5.57. The molecule has 164 valence electrons. The Labute approximate surface area is 194 Å². The van der Waals surface area contributed by atoms with Gasteiger partial charge >= 0.3 is 0 Å². The molecule has 1 heterocycles. The van der Waals surface area contributed by atoms with E-state index in [1.54, 1.807) is 0 Å². The van der Waals surface area contributed by atoms with E-state index in [0.717, 1.165) is 23.4 Å². The van der Waals surface area contributed by atoms with E-state index in [1.807, 2.05) is 55.5 Å². The van der Waals surface area contributed by atoms with Gasteiger partial charge in [0.2, 0.25) is 0 Å². The molecule has 0 unspecified atom stereocenters. The lowest BCUT2D eigenvalue weighted by atomic mass is 9.58. The summed E-state index contributed by atoms with van der Waals surface area (Å²) in [7, 11) is 0. The summed E-state index contributed by atoms with van der Waals surface area (Å²) >= 11 is 0. The molecule has 6 heteroatoms. The summed E-state index contributed by atoms with van der Waals surface area (Å²) in [6.07, 6.45) is 2.03. The summed E-state index contributed by atoms with van der Waals surface area (Å²) in [5.74, 6) is -0.00493. The molecular formula is C27H25N5O. The first-order valence-electron chi connectivity index (χ1n) is 11.0. The van der Waals surface area contributed by atoms with Crippen LogP contribution in [0.2, 0.25) is 0 Å². The summed E-state index contributed by atoms with van der Waals surface area (Å²) in [4.78, 5) is 2.28. The molecule has 0 amide bonds. The maximum absolute atomic E-state index is 10.2. The standard InChI is InChI=1S/C27H25N5O/c1-2-33-21-10-8-20(9-11-21)25-24-16-32(15-19-6-4-3-5-7-19)13-12-22(24)23(14-28)26(31)27(25,17-29)18-30/h3-12,24-25H,2,13,15-16,31H2,1H3/t24-,25+/m1/s1. The Morgan fingerprint density at radius 1 is 1.06 bits per heavy atom. The predicted octanol–water partition coefficient (Wildman–Crippen LogP) is 4.01. The van der Waals surface area contributed by atoms with Gasteiger partial charge in [-0.1, -0.05) is 48.5 Å². The first-order valence-corrected chi connectivity index (χ1v) is 11.0. The minimum atomic E-state index is -1.63. The van der Waals surface area contributed by atoms with E-state index >= 15 is 0 Å². The number of hydrogen-bond donors (Lipinski definition) is 1. The number of nitrogens with two attached hydrogens (primary N) is 1. The fourth-order valence-electron chi connectivity index (χ4n) is 5.02. The second kappa shape index (κ2) is 9.21. The second-order valence-corrected chi connectivity index (χ2v) is 8.36. The molecule has 0 radical (unpaired) electrons. The van der Waals surface area contributed by atoms with Gasteiger partial charge in [-0.2, -0.15) is 15.8 Å². The Kier molecular flexibility index (Phi) is 6.18. The summed E-state index contributed by atoms with van der Waals surface area (Å²) in [6.45, 7) is 4.49. The van der Waals surface area contributed by atoms with Crippen molar-refractivity contribution < 1.29 is 4.74 Å². The fourth-order valence-corrected chi connectivity index (χ4v) is 5.02. The Morgan fingerprint density at radius 2 is 1.76 bits per heavy atom. The number of allylic oxidation sites excluding steroid dienone is 2.